The molecule has 2 aromatic rings. The summed E-state index contributed by atoms with van der Waals surface area (Å²) in [4.78, 5) is 11.1. The van der Waals surface area contributed by atoms with Crippen molar-refractivity contribution >= 4 is 35.1 Å². The van der Waals surface area contributed by atoms with Crippen LogP contribution in [0.25, 0.3) is 12.2 Å². The molecule has 0 spiro atoms. The summed E-state index contributed by atoms with van der Waals surface area (Å²) in [7, 11) is 0. The third-order valence-electron chi connectivity index (χ3n) is 3.22. The van der Waals surface area contributed by atoms with Crippen molar-refractivity contribution in [3.63, 3.8) is 0 Å². The average molecular weight is 331 g/mol. The number of hydrogen-bond acceptors (Lipinski definition) is 5. The van der Waals surface area contributed by atoms with Crippen LogP contribution in [0.5, 0.6) is 0 Å². The van der Waals surface area contributed by atoms with E-state index in [1.54, 1.807) is 36.4 Å². The number of quaternary nitrogens is 2. The Bertz CT molecular complexity index is 742. The minimum Gasteiger partial charge on any atom is -0.595 e. The predicted octanol–water partition coefficient (Wildman–Crippen LogP) is 0.622. The van der Waals surface area contributed by atoms with Gasteiger partial charge in [-0.3, -0.25) is 4.79 Å². The number of amides is 1. The molecule has 2 rings (SSSR count). The Morgan fingerprint density at radius 1 is 1.04 bits per heavy atom. The molecule has 0 fully saturated rings. The Kier molecular flexibility index (Phi) is 5.77. The first kappa shape index (κ1) is 17.8. The van der Waals surface area contributed by atoms with Gasteiger partial charge in [-0.1, -0.05) is 6.08 Å². The Morgan fingerprint density at radius 3 is 2.25 bits per heavy atom. The third-order valence-corrected chi connectivity index (χ3v) is 3.22. The zero-order valence-electron chi connectivity index (χ0n) is 12.8. The van der Waals surface area contributed by atoms with Gasteiger partial charge in [0.1, 0.15) is 0 Å². The summed E-state index contributed by atoms with van der Waals surface area (Å²) in [5.41, 5.74) is 1.85. The van der Waals surface area contributed by atoms with Gasteiger partial charge in [-0.15, -0.1) is 0 Å². The van der Waals surface area contributed by atoms with Crippen molar-refractivity contribution in [2.24, 2.45) is 0 Å². The maximum atomic E-state index is 11.4. The van der Waals surface area contributed by atoms with E-state index in [0.29, 0.717) is 11.3 Å². The maximum Gasteiger partial charge on any atom is 0.221 e. The van der Waals surface area contributed by atoms with Gasteiger partial charge in [-0.05, 0) is 35.9 Å². The number of benzene rings is 2. The second-order valence-electron chi connectivity index (χ2n) is 5.05. The highest BCUT2D eigenvalue weighted by Gasteiger charge is 2.09. The fourth-order valence-electron chi connectivity index (χ4n) is 2.09. The van der Waals surface area contributed by atoms with Gasteiger partial charge >= 0.3 is 0 Å². The lowest BCUT2D eigenvalue weighted by molar-refractivity contribution is -0.991. The first-order valence-corrected chi connectivity index (χ1v) is 7.03. The molecule has 126 valence electrons. The molecule has 0 heterocycles. The molecule has 0 aliphatic carbocycles. The van der Waals surface area contributed by atoms with E-state index in [0.717, 1.165) is 5.56 Å². The van der Waals surface area contributed by atoms with E-state index >= 15 is 0 Å². The van der Waals surface area contributed by atoms with Crippen molar-refractivity contribution in [3.8, 4) is 0 Å². The fraction of sp³-hybridized carbons (Fsp3) is 0.0625. The van der Waals surface area contributed by atoms with Crippen LogP contribution in [0.15, 0.2) is 42.5 Å². The molecule has 2 aromatic carbocycles. The largest absolute Gasteiger partial charge is 0.595 e. The topological polar surface area (TPSA) is 125 Å². The molecule has 0 saturated heterocycles. The predicted molar refractivity (Wildman–Crippen MR) is 87.7 cm³/mol. The van der Waals surface area contributed by atoms with Gasteiger partial charge in [-0.2, -0.15) is 10.5 Å². The van der Waals surface area contributed by atoms with E-state index in [4.69, 9.17) is 5.21 Å². The van der Waals surface area contributed by atoms with Crippen molar-refractivity contribution in [2.75, 3.05) is 5.32 Å². The summed E-state index contributed by atoms with van der Waals surface area (Å²) >= 11 is 0. The summed E-state index contributed by atoms with van der Waals surface area (Å²) < 4.78 is 0. The molecule has 0 aliphatic rings. The summed E-state index contributed by atoms with van der Waals surface area (Å²) in [6, 6.07) is 10.8. The van der Waals surface area contributed by atoms with E-state index in [2.05, 4.69) is 5.32 Å². The average Bonchev–Trinajstić information content (AvgIpc) is 2.53. The van der Waals surface area contributed by atoms with Crippen LogP contribution >= 0.6 is 0 Å². The maximum absolute atomic E-state index is 11.4. The Labute approximate surface area is 137 Å². The molecule has 0 radical (unpaired) electrons. The van der Waals surface area contributed by atoms with Crippen molar-refractivity contribution in [2.45, 2.75) is 6.92 Å². The summed E-state index contributed by atoms with van der Waals surface area (Å²) in [6.45, 7) is 1.34. The van der Waals surface area contributed by atoms with Gasteiger partial charge in [-0.25, -0.2) is 10.4 Å². The molecule has 5 N–H and O–H groups in total. The van der Waals surface area contributed by atoms with Gasteiger partial charge in [0.25, 0.3) is 0 Å². The standard InChI is InChI=1S/C16H17N3O5/c1-11(20)17-14-7-6-13(16(10-14)19(23)24)5-2-12-3-8-15(9-4-12)18(21)22/h2-10,18-19,21,23H,1H3,(H,17,20). The molecule has 0 aliphatic heterocycles. The van der Waals surface area contributed by atoms with Crippen LogP contribution in [-0.4, -0.2) is 16.3 Å². The van der Waals surface area contributed by atoms with Crippen LogP contribution in [-0.2, 0) is 4.79 Å². The lowest BCUT2D eigenvalue weighted by Crippen LogP contribution is -2.99. The second kappa shape index (κ2) is 7.79. The van der Waals surface area contributed by atoms with Crippen LogP contribution in [0.2, 0.25) is 0 Å². The lowest BCUT2D eigenvalue weighted by Gasteiger charge is -2.15. The quantitative estimate of drug-likeness (QED) is 0.406. The van der Waals surface area contributed by atoms with E-state index in [1.807, 2.05) is 0 Å². The van der Waals surface area contributed by atoms with Crippen LogP contribution in [0.1, 0.15) is 18.1 Å². The summed E-state index contributed by atoms with van der Waals surface area (Å²) in [5.74, 6) is -0.284. The Balaban J connectivity index is 2.25. The van der Waals surface area contributed by atoms with E-state index < -0.39 is 10.5 Å². The summed E-state index contributed by atoms with van der Waals surface area (Å²) in [5, 5.41) is 40.8. The molecule has 8 heteroatoms. The van der Waals surface area contributed by atoms with Crippen molar-refractivity contribution in [3.05, 3.63) is 64.0 Å². The molecule has 0 aromatic heterocycles. The minimum atomic E-state index is -1.11. The van der Waals surface area contributed by atoms with Gasteiger partial charge in [0.15, 0.2) is 11.4 Å². The van der Waals surface area contributed by atoms with E-state index in [-0.39, 0.29) is 17.3 Å². The minimum absolute atomic E-state index is 0.0552. The molecular weight excluding hydrogens is 314 g/mol. The molecule has 2 atom stereocenters. The molecule has 0 bridgehead atoms. The van der Waals surface area contributed by atoms with Crippen molar-refractivity contribution < 1.29 is 25.7 Å². The highest BCUT2D eigenvalue weighted by Crippen LogP contribution is 2.20. The SMILES string of the molecule is CC(=O)Nc1ccc(C=Cc2ccc([NH+]([O-])O)cc2)c([NH+]([O-])O)c1. The lowest BCUT2D eigenvalue weighted by atomic mass is 10.1. The van der Waals surface area contributed by atoms with Crippen LogP contribution < -0.4 is 15.8 Å². The van der Waals surface area contributed by atoms with Crippen LogP contribution in [0.4, 0.5) is 17.1 Å². The van der Waals surface area contributed by atoms with Gasteiger partial charge in [0.2, 0.25) is 5.91 Å². The number of carbonyl (C=O) groups is 1. The molecule has 1 amide bonds. The zero-order chi connectivity index (χ0) is 17.7. The fourth-order valence-corrected chi connectivity index (χ4v) is 2.09. The number of nitrogens with one attached hydrogen (secondary N) is 3. The first-order valence-electron chi connectivity index (χ1n) is 7.03. The van der Waals surface area contributed by atoms with Crippen molar-refractivity contribution in [1.82, 2.24) is 0 Å². The number of hydrogen-bond donors (Lipinski definition) is 5. The first-order chi connectivity index (χ1) is 11.4. The smallest absolute Gasteiger partial charge is 0.221 e. The number of rotatable bonds is 5. The highest BCUT2D eigenvalue weighted by molar-refractivity contribution is 5.89. The molecule has 8 nitrogen and oxygen atoms in total. The van der Waals surface area contributed by atoms with Crippen molar-refractivity contribution in [1.29, 1.82) is 0 Å². The van der Waals surface area contributed by atoms with Crippen LogP contribution in [0.3, 0.4) is 0 Å². The molecule has 0 saturated carbocycles. The monoisotopic (exact) mass is 331 g/mol. The summed E-state index contributed by atoms with van der Waals surface area (Å²) in [6.07, 6.45) is 3.31. The van der Waals surface area contributed by atoms with Gasteiger partial charge in [0, 0.05) is 36.4 Å². The van der Waals surface area contributed by atoms with E-state index in [9.17, 15) is 20.4 Å². The molecule has 24 heavy (non-hydrogen) atoms. The Morgan fingerprint density at radius 2 is 1.71 bits per heavy atom. The number of anilines is 1. The van der Waals surface area contributed by atoms with Gasteiger partial charge in [0.05, 0.1) is 0 Å². The van der Waals surface area contributed by atoms with E-state index in [1.165, 1.54) is 25.1 Å². The molecular formula is C16H17N3O5. The Hall–Kier alpha value is -2.59. The highest BCUT2D eigenvalue weighted by atomic mass is 16.8. The molecule has 2 unspecified atom stereocenters. The zero-order valence-corrected chi connectivity index (χ0v) is 12.8. The third kappa shape index (κ3) is 4.70. The normalized spacial score (nSPS) is 13.7. The van der Waals surface area contributed by atoms with Gasteiger partial charge < -0.3 is 15.7 Å². The number of carbonyl (C=O) groups excluding carboxylic acids is 1. The second-order valence-corrected chi connectivity index (χ2v) is 5.05. The van der Waals surface area contributed by atoms with Crippen LogP contribution in [0, 0.1) is 10.4 Å².